The van der Waals surface area contributed by atoms with Crippen LogP contribution in [-0.2, 0) is 0 Å². The van der Waals surface area contributed by atoms with Gasteiger partial charge in [0.2, 0.25) is 0 Å². The SMILES string of the molecule is c1ccc(-c2ccc(N(c3ccc(-c4ccccc4-c4ccc5ccccc5c4)cc3)c3ccccc3-c3ccc4oc5ccccc5c4c3)cc2)cc1. The van der Waals surface area contributed by atoms with E-state index in [1.54, 1.807) is 0 Å². The zero-order chi connectivity index (χ0) is 35.8. The summed E-state index contributed by atoms with van der Waals surface area (Å²) in [5.41, 5.74) is 14.5. The summed E-state index contributed by atoms with van der Waals surface area (Å²) in [6, 6.07) is 76.0. The maximum atomic E-state index is 6.20. The highest BCUT2D eigenvalue weighted by Gasteiger charge is 2.19. The van der Waals surface area contributed by atoms with Gasteiger partial charge >= 0.3 is 0 Å². The minimum atomic E-state index is 0.894. The number of fused-ring (bicyclic) bond motifs is 4. The summed E-state index contributed by atoms with van der Waals surface area (Å²) in [7, 11) is 0. The van der Waals surface area contributed by atoms with Crippen LogP contribution in [-0.4, -0.2) is 0 Å². The first-order valence-electron chi connectivity index (χ1n) is 18.4. The maximum absolute atomic E-state index is 6.20. The van der Waals surface area contributed by atoms with Gasteiger partial charge in [-0.15, -0.1) is 0 Å². The van der Waals surface area contributed by atoms with E-state index in [0.29, 0.717) is 0 Å². The molecular weight excluding hydrogens is 655 g/mol. The highest BCUT2D eigenvalue weighted by molar-refractivity contribution is 6.07. The van der Waals surface area contributed by atoms with Crippen molar-refractivity contribution >= 4 is 49.8 Å². The standard InChI is InChI=1S/C52H35NO/c1-2-12-36(13-3-1)38-24-29-43(30-25-38)53(50-20-10-8-18-47(50)42-28-33-52-49(35-42)48-19-9-11-21-51(48)54-52)44-31-26-39(27-32-44)45-16-6-7-17-46(45)41-23-22-37-14-4-5-15-40(37)34-41/h1-35H. The fourth-order valence-electron chi connectivity index (χ4n) is 7.80. The van der Waals surface area contributed by atoms with Gasteiger partial charge in [0, 0.05) is 27.7 Å². The van der Waals surface area contributed by atoms with Crippen LogP contribution in [0.15, 0.2) is 217 Å². The van der Waals surface area contributed by atoms with Crippen molar-refractivity contribution in [3.8, 4) is 44.5 Å². The molecule has 10 rings (SSSR count). The first-order valence-corrected chi connectivity index (χ1v) is 18.4. The zero-order valence-electron chi connectivity index (χ0n) is 29.6. The minimum Gasteiger partial charge on any atom is -0.456 e. The van der Waals surface area contributed by atoms with Crippen LogP contribution in [0.4, 0.5) is 17.1 Å². The molecule has 0 aliphatic carbocycles. The van der Waals surface area contributed by atoms with E-state index in [1.165, 1.54) is 44.2 Å². The van der Waals surface area contributed by atoms with Crippen molar-refractivity contribution in [3.05, 3.63) is 212 Å². The van der Waals surface area contributed by atoms with E-state index >= 15 is 0 Å². The van der Waals surface area contributed by atoms with Crippen LogP contribution >= 0.6 is 0 Å². The molecule has 2 heteroatoms. The highest BCUT2D eigenvalue weighted by atomic mass is 16.3. The first-order chi connectivity index (χ1) is 26.8. The minimum absolute atomic E-state index is 0.894. The lowest BCUT2D eigenvalue weighted by Gasteiger charge is -2.28. The lowest BCUT2D eigenvalue weighted by molar-refractivity contribution is 0.669. The Bertz CT molecular complexity index is 2920. The molecule has 0 saturated heterocycles. The number of benzene rings is 9. The third kappa shape index (κ3) is 5.71. The summed E-state index contributed by atoms with van der Waals surface area (Å²) in [4.78, 5) is 2.38. The van der Waals surface area contributed by atoms with Gasteiger partial charge in [-0.1, -0.05) is 158 Å². The van der Waals surface area contributed by atoms with Crippen molar-refractivity contribution in [1.82, 2.24) is 0 Å². The van der Waals surface area contributed by atoms with E-state index in [4.69, 9.17) is 4.42 Å². The molecule has 0 aliphatic rings. The van der Waals surface area contributed by atoms with Crippen molar-refractivity contribution in [2.45, 2.75) is 0 Å². The molecule has 0 atom stereocenters. The Morgan fingerprint density at radius 1 is 0.296 bits per heavy atom. The molecule has 0 N–H and O–H groups in total. The highest BCUT2D eigenvalue weighted by Crippen LogP contribution is 2.43. The fraction of sp³-hybridized carbons (Fsp3) is 0. The second-order valence-corrected chi connectivity index (χ2v) is 13.7. The van der Waals surface area contributed by atoms with Crippen molar-refractivity contribution in [2.24, 2.45) is 0 Å². The van der Waals surface area contributed by atoms with Gasteiger partial charge in [-0.3, -0.25) is 0 Å². The molecule has 0 unspecified atom stereocenters. The fourth-order valence-corrected chi connectivity index (χ4v) is 7.80. The molecule has 54 heavy (non-hydrogen) atoms. The van der Waals surface area contributed by atoms with Gasteiger partial charge in [-0.25, -0.2) is 0 Å². The Kier molecular flexibility index (Phi) is 7.85. The first kappa shape index (κ1) is 31.6. The Morgan fingerprint density at radius 2 is 0.815 bits per heavy atom. The van der Waals surface area contributed by atoms with Crippen LogP contribution in [0.1, 0.15) is 0 Å². The third-order valence-corrected chi connectivity index (χ3v) is 10.5. The van der Waals surface area contributed by atoms with Crippen molar-refractivity contribution < 1.29 is 4.42 Å². The number of furan rings is 1. The van der Waals surface area contributed by atoms with E-state index in [1.807, 2.05) is 12.1 Å². The van der Waals surface area contributed by atoms with Gasteiger partial charge in [-0.2, -0.15) is 0 Å². The van der Waals surface area contributed by atoms with Gasteiger partial charge in [-0.05, 0) is 104 Å². The maximum Gasteiger partial charge on any atom is 0.135 e. The average Bonchev–Trinajstić information content (AvgIpc) is 3.63. The summed E-state index contributed by atoms with van der Waals surface area (Å²) < 4.78 is 6.20. The molecule has 1 aromatic heterocycles. The molecule has 0 radical (unpaired) electrons. The molecule has 2 nitrogen and oxygen atoms in total. The molecule has 0 spiro atoms. The molecule has 0 bridgehead atoms. The molecule has 0 amide bonds. The summed E-state index contributed by atoms with van der Waals surface area (Å²) in [6.07, 6.45) is 0. The Hall–Kier alpha value is -7.16. The number of hydrogen-bond acceptors (Lipinski definition) is 2. The molecule has 0 saturated carbocycles. The molecule has 0 aliphatic heterocycles. The predicted molar refractivity (Wildman–Crippen MR) is 228 cm³/mol. The summed E-state index contributed by atoms with van der Waals surface area (Å²) in [6.45, 7) is 0. The molecule has 0 fully saturated rings. The number of rotatable bonds is 7. The number of anilines is 3. The van der Waals surface area contributed by atoms with Crippen LogP contribution in [0.2, 0.25) is 0 Å². The molecule has 9 aromatic carbocycles. The largest absolute Gasteiger partial charge is 0.456 e. The van der Waals surface area contributed by atoms with Gasteiger partial charge in [0.05, 0.1) is 5.69 Å². The van der Waals surface area contributed by atoms with Gasteiger partial charge in [0.25, 0.3) is 0 Å². The predicted octanol–water partition coefficient (Wildman–Crippen LogP) is 14.9. The zero-order valence-corrected chi connectivity index (χ0v) is 29.6. The molecule has 1 heterocycles. The summed E-state index contributed by atoms with van der Waals surface area (Å²) in [5, 5.41) is 4.73. The Morgan fingerprint density at radius 3 is 1.59 bits per heavy atom. The van der Waals surface area contributed by atoms with Crippen LogP contribution < -0.4 is 4.90 Å². The second-order valence-electron chi connectivity index (χ2n) is 13.7. The van der Waals surface area contributed by atoms with Crippen LogP contribution in [0, 0.1) is 0 Å². The molecule has 10 aromatic rings. The number of hydrogen-bond donors (Lipinski definition) is 0. The molecule has 254 valence electrons. The van der Waals surface area contributed by atoms with E-state index < -0.39 is 0 Å². The average molecular weight is 690 g/mol. The van der Waals surface area contributed by atoms with Crippen molar-refractivity contribution in [2.75, 3.05) is 4.90 Å². The van der Waals surface area contributed by atoms with Crippen LogP contribution in [0.25, 0.3) is 77.2 Å². The lowest BCUT2D eigenvalue weighted by Crippen LogP contribution is -2.11. The summed E-state index contributed by atoms with van der Waals surface area (Å²) in [5.74, 6) is 0. The van der Waals surface area contributed by atoms with Crippen LogP contribution in [0.5, 0.6) is 0 Å². The quantitative estimate of drug-likeness (QED) is 0.166. The normalized spacial score (nSPS) is 11.3. The van der Waals surface area contributed by atoms with E-state index in [0.717, 1.165) is 50.1 Å². The summed E-state index contributed by atoms with van der Waals surface area (Å²) >= 11 is 0. The Labute approximate surface area is 314 Å². The van der Waals surface area contributed by atoms with Gasteiger partial charge in [0.15, 0.2) is 0 Å². The molecular formula is C52H35NO. The van der Waals surface area contributed by atoms with Crippen molar-refractivity contribution in [3.63, 3.8) is 0 Å². The Balaban J connectivity index is 1.09. The van der Waals surface area contributed by atoms with Gasteiger partial charge in [0.1, 0.15) is 11.2 Å². The topological polar surface area (TPSA) is 16.4 Å². The monoisotopic (exact) mass is 689 g/mol. The van der Waals surface area contributed by atoms with Crippen molar-refractivity contribution in [1.29, 1.82) is 0 Å². The lowest BCUT2D eigenvalue weighted by atomic mass is 9.93. The third-order valence-electron chi connectivity index (χ3n) is 10.5. The van der Waals surface area contributed by atoms with E-state index in [2.05, 4.69) is 205 Å². The van der Waals surface area contributed by atoms with E-state index in [9.17, 15) is 0 Å². The van der Waals surface area contributed by atoms with E-state index in [-0.39, 0.29) is 0 Å². The van der Waals surface area contributed by atoms with Crippen LogP contribution in [0.3, 0.4) is 0 Å². The van der Waals surface area contributed by atoms with Gasteiger partial charge < -0.3 is 9.32 Å². The smallest absolute Gasteiger partial charge is 0.135 e. The number of para-hydroxylation sites is 2. The number of nitrogens with zero attached hydrogens (tertiary/aromatic N) is 1. The second kappa shape index (κ2) is 13.4.